The Morgan fingerprint density at radius 2 is 1.97 bits per heavy atom. The monoisotopic (exact) mass is 465 g/mol. The lowest BCUT2D eigenvalue weighted by atomic mass is 9.94. The molecule has 1 aliphatic rings. The van der Waals surface area contributed by atoms with E-state index in [0.717, 1.165) is 17.0 Å². The van der Waals surface area contributed by atoms with E-state index in [1.165, 1.54) is 17.4 Å². The van der Waals surface area contributed by atoms with Gasteiger partial charge in [0.1, 0.15) is 16.6 Å². The Hall–Kier alpha value is -2.85. The Labute approximate surface area is 187 Å². The highest BCUT2D eigenvalue weighted by Crippen LogP contribution is 2.35. The second kappa shape index (κ2) is 9.11. The Morgan fingerprint density at radius 1 is 1.26 bits per heavy atom. The molecule has 1 atom stereocenters. The fourth-order valence-electron chi connectivity index (χ4n) is 3.30. The van der Waals surface area contributed by atoms with Crippen molar-refractivity contribution in [1.82, 2.24) is 10.6 Å². The number of hydrogen-bond acceptors (Lipinski definition) is 5. The third kappa shape index (κ3) is 4.59. The van der Waals surface area contributed by atoms with Crippen LogP contribution in [0.1, 0.15) is 46.3 Å². The molecule has 0 aliphatic carbocycles. The van der Waals surface area contributed by atoms with E-state index in [9.17, 15) is 18.4 Å². The third-order valence-corrected chi connectivity index (χ3v) is 6.22. The van der Waals surface area contributed by atoms with Crippen molar-refractivity contribution in [3.8, 4) is 0 Å². The highest BCUT2D eigenvalue weighted by Gasteiger charge is 2.33. The van der Waals surface area contributed by atoms with Gasteiger partial charge in [0.15, 0.2) is 5.11 Å². The van der Waals surface area contributed by atoms with Crippen molar-refractivity contribution >= 4 is 45.5 Å². The second-order valence-corrected chi connectivity index (χ2v) is 8.53. The van der Waals surface area contributed by atoms with Crippen LogP contribution in [0.15, 0.2) is 29.5 Å². The normalized spacial score (nSPS) is 15.9. The minimum atomic E-state index is -0.942. The summed E-state index contributed by atoms with van der Waals surface area (Å²) in [5.74, 6) is -2.63. The van der Waals surface area contributed by atoms with E-state index >= 15 is 0 Å². The molecule has 2 aromatic rings. The molecule has 1 aliphatic heterocycles. The number of rotatable bonds is 5. The average molecular weight is 466 g/mol. The van der Waals surface area contributed by atoms with Crippen LogP contribution in [-0.4, -0.2) is 23.6 Å². The Bertz CT molecular complexity index is 1110. The van der Waals surface area contributed by atoms with Crippen LogP contribution in [0.2, 0.25) is 0 Å². The number of thiocarbonyl (C=S) groups is 1. The highest BCUT2D eigenvalue weighted by molar-refractivity contribution is 7.80. The molecular weight excluding hydrogens is 444 g/mol. The van der Waals surface area contributed by atoms with Gasteiger partial charge in [-0.25, -0.2) is 13.6 Å². The number of esters is 1. The van der Waals surface area contributed by atoms with Crippen LogP contribution < -0.4 is 16.0 Å². The number of carbonyl (C=O) groups is 2. The lowest BCUT2D eigenvalue weighted by molar-refractivity contribution is -0.113. The van der Waals surface area contributed by atoms with E-state index in [2.05, 4.69) is 16.0 Å². The maximum atomic E-state index is 14.5. The predicted molar refractivity (Wildman–Crippen MR) is 119 cm³/mol. The van der Waals surface area contributed by atoms with Crippen LogP contribution in [0.4, 0.5) is 13.8 Å². The van der Waals surface area contributed by atoms with Gasteiger partial charge in [-0.3, -0.25) is 4.79 Å². The molecule has 0 saturated carbocycles. The van der Waals surface area contributed by atoms with Crippen molar-refractivity contribution < 1.29 is 23.1 Å². The number of benzene rings is 1. The first-order valence-electron chi connectivity index (χ1n) is 9.45. The molecule has 31 heavy (non-hydrogen) atoms. The summed E-state index contributed by atoms with van der Waals surface area (Å²) in [6.07, 6.45) is 0. The van der Waals surface area contributed by atoms with Crippen LogP contribution in [0, 0.1) is 25.5 Å². The van der Waals surface area contributed by atoms with Gasteiger partial charge < -0.3 is 20.7 Å². The summed E-state index contributed by atoms with van der Waals surface area (Å²) in [4.78, 5) is 26.5. The first-order valence-corrected chi connectivity index (χ1v) is 10.7. The van der Waals surface area contributed by atoms with Crippen molar-refractivity contribution in [2.45, 2.75) is 33.7 Å². The number of anilines is 1. The molecule has 0 fully saturated rings. The number of halogens is 2. The number of hydrogen-bond donors (Lipinski definition) is 3. The zero-order chi connectivity index (χ0) is 22.9. The maximum absolute atomic E-state index is 14.5. The van der Waals surface area contributed by atoms with Gasteiger partial charge in [-0.2, -0.15) is 0 Å². The van der Waals surface area contributed by atoms with Crippen LogP contribution in [0.25, 0.3) is 0 Å². The summed E-state index contributed by atoms with van der Waals surface area (Å²) in [6, 6.07) is 2.18. The number of nitrogens with one attached hydrogen (secondary N) is 3. The summed E-state index contributed by atoms with van der Waals surface area (Å²) in [5, 5.41) is 9.02. The van der Waals surface area contributed by atoms with Gasteiger partial charge in [0.25, 0.3) is 5.91 Å². The molecule has 6 nitrogen and oxygen atoms in total. The van der Waals surface area contributed by atoms with E-state index < -0.39 is 29.6 Å². The Morgan fingerprint density at radius 3 is 2.61 bits per heavy atom. The molecular formula is C21H21F2N3O3S2. The van der Waals surface area contributed by atoms with Gasteiger partial charge in [-0.05, 0) is 51.5 Å². The van der Waals surface area contributed by atoms with E-state index in [1.54, 1.807) is 20.8 Å². The molecule has 1 amide bonds. The maximum Gasteiger partial charge on any atom is 0.341 e. The molecule has 164 valence electrons. The Balaban J connectivity index is 2.01. The lowest BCUT2D eigenvalue weighted by Crippen LogP contribution is -2.46. The number of thiophene rings is 1. The summed E-state index contributed by atoms with van der Waals surface area (Å²) >= 11 is 6.40. The molecule has 3 rings (SSSR count). The summed E-state index contributed by atoms with van der Waals surface area (Å²) in [6.45, 7) is 7.14. The SMILES string of the molecule is CCOC(=O)c1c(NC(=O)C2=C(C)NC(=S)N[C@H]2c2ccc(F)cc2F)sc(C)c1C. The van der Waals surface area contributed by atoms with E-state index in [-0.39, 0.29) is 28.4 Å². The van der Waals surface area contributed by atoms with Crippen LogP contribution in [0.3, 0.4) is 0 Å². The fraction of sp³-hybridized carbons (Fsp3) is 0.286. The van der Waals surface area contributed by atoms with Gasteiger partial charge in [-0.1, -0.05) is 6.07 Å². The van der Waals surface area contributed by atoms with Crippen molar-refractivity contribution in [3.63, 3.8) is 0 Å². The van der Waals surface area contributed by atoms with Crippen molar-refractivity contribution in [2.24, 2.45) is 0 Å². The topological polar surface area (TPSA) is 79.5 Å². The minimum Gasteiger partial charge on any atom is -0.462 e. The lowest BCUT2D eigenvalue weighted by Gasteiger charge is -2.30. The molecule has 0 saturated heterocycles. The largest absolute Gasteiger partial charge is 0.462 e. The van der Waals surface area contributed by atoms with E-state index in [0.29, 0.717) is 16.3 Å². The molecule has 0 spiro atoms. The van der Waals surface area contributed by atoms with Crippen molar-refractivity contribution in [3.05, 3.63) is 62.7 Å². The first-order chi connectivity index (χ1) is 14.6. The van der Waals surface area contributed by atoms with Crippen LogP contribution in [-0.2, 0) is 9.53 Å². The standard InChI is InChI=1S/C21H21F2N3O3S2/c1-5-29-20(28)15-9(2)11(4)31-19(15)26-18(27)16-10(3)24-21(30)25-17(16)13-7-6-12(22)8-14(13)23/h6-8,17H,5H2,1-4H3,(H,26,27)(H2,24,25,30)/t17-/m0/s1. The fourth-order valence-corrected chi connectivity index (χ4v) is 4.61. The van der Waals surface area contributed by atoms with Crippen LogP contribution in [0.5, 0.6) is 0 Å². The molecule has 0 radical (unpaired) electrons. The number of ether oxygens (including phenoxy) is 1. The smallest absolute Gasteiger partial charge is 0.341 e. The van der Waals surface area contributed by atoms with Gasteiger partial charge in [0.2, 0.25) is 0 Å². The van der Waals surface area contributed by atoms with Crippen molar-refractivity contribution in [1.29, 1.82) is 0 Å². The first kappa shape index (κ1) is 22.8. The second-order valence-electron chi connectivity index (χ2n) is 6.90. The molecule has 0 bridgehead atoms. The highest BCUT2D eigenvalue weighted by atomic mass is 32.1. The number of aryl methyl sites for hydroxylation is 1. The molecule has 10 heteroatoms. The van der Waals surface area contributed by atoms with Gasteiger partial charge in [0, 0.05) is 22.2 Å². The minimum absolute atomic E-state index is 0.0684. The van der Waals surface area contributed by atoms with Crippen LogP contribution >= 0.6 is 23.6 Å². The summed E-state index contributed by atoms with van der Waals surface area (Å²) in [5.41, 5.74) is 1.65. The Kier molecular flexibility index (Phi) is 6.71. The summed E-state index contributed by atoms with van der Waals surface area (Å²) < 4.78 is 33.0. The van der Waals surface area contributed by atoms with Gasteiger partial charge in [0.05, 0.1) is 23.8 Å². The van der Waals surface area contributed by atoms with Crippen molar-refractivity contribution in [2.75, 3.05) is 11.9 Å². The zero-order valence-electron chi connectivity index (χ0n) is 17.3. The van der Waals surface area contributed by atoms with Gasteiger partial charge >= 0.3 is 5.97 Å². The molecule has 0 unspecified atom stereocenters. The van der Waals surface area contributed by atoms with E-state index in [4.69, 9.17) is 17.0 Å². The number of allylic oxidation sites excluding steroid dienone is 1. The molecule has 1 aromatic carbocycles. The predicted octanol–water partition coefficient (Wildman–Crippen LogP) is 4.25. The average Bonchev–Trinajstić information content (AvgIpc) is 2.94. The molecule has 1 aromatic heterocycles. The quantitative estimate of drug-likeness (QED) is 0.453. The third-order valence-electron chi connectivity index (χ3n) is 4.88. The molecule has 3 N–H and O–H groups in total. The van der Waals surface area contributed by atoms with Gasteiger partial charge in [-0.15, -0.1) is 11.3 Å². The number of carbonyl (C=O) groups excluding carboxylic acids is 2. The zero-order valence-corrected chi connectivity index (χ0v) is 18.9. The number of amides is 1. The molecule has 2 heterocycles. The summed E-state index contributed by atoms with van der Waals surface area (Å²) in [7, 11) is 0. The van der Waals surface area contributed by atoms with E-state index in [1.807, 2.05) is 6.92 Å².